The molecule has 2 amide bonds. The van der Waals surface area contributed by atoms with Crippen molar-refractivity contribution in [3.05, 3.63) is 29.3 Å². The number of carbonyl (C=O) groups is 1. The monoisotopic (exact) mass is 411 g/mol. The standard InChI is InChI=1S/C24H37N5O/c1-4-7-19(8-5-2)12-14-29-13-6-9-20(17-29)23(26)28-24(30)27-22-11-10-18(3)21(15-22)16-25/h10-11,15,19-20H,4-9,12-14,17H2,1-3H3,(H3,26,27,28,30). The molecule has 164 valence electrons. The van der Waals surface area contributed by atoms with Crippen molar-refractivity contribution < 1.29 is 4.79 Å². The number of piperidine rings is 1. The third-order valence-corrected chi connectivity index (χ3v) is 6.01. The van der Waals surface area contributed by atoms with E-state index in [0.29, 0.717) is 17.1 Å². The molecule has 1 saturated heterocycles. The number of likely N-dealkylation sites (tertiary alicyclic amines) is 1. The maximum atomic E-state index is 12.3. The minimum absolute atomic E-state index is 0.119. The molecule has 1 aromatic carbocycles. The van der Waals surface area contributed by atoms with Crippen molar-refractivity contribution >= 4 is 17.6 Å². The molecule has 6 heteroatoms. The SMILES string of the molecule is CCCC(CCC)CCN1CCCC(/C(N)=N/C(=O)Nc2ccc(C)c(C#N)c2)C1. The lowest BCUT2D eigenvalue weighted by Gasteiger charge is -2.33. The Morgan fingerprint density at radius 2 is 2.07 bits per heavy atom. The number of amides is 2. The zero-order valence-corrected chi connectivity index (χ0v) is 18.8. The van der Waals surface area contributed by atoms with E-state index in [4.69, 9.17) is 11.0 Å². The number of anilines is 1. The van der Waals surface area contributed by atoms with Crippen LogP contribution in [0, 0.1) is 30.1 Å². The first-order valence-electron chi connectivity index (χ1n) is 11.3. The number of aryl methyl sites for hydroxylation is 1. The number of aliphatic imine (C=N–C) groups is 1. The van der Waals surface area contributed by atoms with E-state index in [-0.39, 0.29) is 5.92 Å². The predicted molar refractivity (Wildman–Crippen MR) is 124 cm³/mol. The Labute approximate surface area is 181 Å². The highest BCUT2D eigenvalue weighted by Crippen LogP contribution is 2.22. The summed E-state index contributed by atoms with van der Waals surface area (Å²) in [6.45, 7) is 9.46. The first-order chi connectivity index (χ1) is 14.5. The molecule has 0 radical (unpaired) electrons. The molecule has 0 saturated carbocycles. The summed E-state index contributed by atoms with van der Waals surface area (Å²) in [5.74, 6) is 1.33. The van der Waals surface area contributed by atoms with Crippen LogP contribution in [0.15, 0.2) is 23.2 Å². The molecule has 1 heterocycles. The van der Waals surface area contributed by atoms with Crippen molar-refractivity contribution in [3.8, 4) is 6.07 Å². The number of nitrogens with one attached hydrogen (secondary N) is 1. The second-order valence-electron chi connectivity index (χ2n) is 8.48. The molecule has 2 rings (SSSR count). The quantitative estimate of drug-likeness (QED) is 0.438. The lowest BCUT2D eigenvalue weighted by Crippen LogP contribution is -2.42. The Bertz CT molecular complexity index is 761. The van der Waals surface area contributed by atoms with E-state index in [1.165, 1.54) is 32.1 Å². The number of benzene rings is 1. The van der Waals surface area contributed by atoms with Crippen molar-refractivity contribution in [1.29, 1.82) is 5.26 Å². The van der Waals surface area contributed by atoms with Gasteiger partial charge in [-0.1, -0.05) is 45.6 Å². The molecule has 6 nitrogen and oxygen atoms in total. The van der Waals surface area contributed by atoms with Gasteiger partial charge in [-0.2, -0.15) is 10.3 Å². The topological polar surface area (TPSA) is 94.5 Å². The molecule has 1 aliphatic heterocycles. The number of carbonyl (C=O) groups excluding carboxylic acids is 1. The van der Waals surface area contributed by atoms with Crippen molar-refractivity contribution in [2.24, 2.45) is 22.6 Å². The molecule has 1 aliphatic rings. The highest BCUT2D eigenvalue weighted by atomic mass is 16.2. The van der Waals surface area contributed by atoms with E-state index in [0.717, 1.165) is 44.0 Å². The van der Waals surface area contributed by atoms with E-state index in [9.17, 15) is 4.79 Å². The molecule has 1 aromatic rings. The minimum atomic E-state index is -0.483. The zero-order chi connectivity index (χ0) is 21.9. The predicted octanol–water partition coefficient (Wildman–Crippen LogP) is 5.07. The van der Waals surface area contributed by atoms with Crippen LogP contribution in [-0.4, -0.2) is 36.4 Å². The lowest BCUT2D eigenvalue weighted by atomic mass is 9.93. The fourth-order valence-electron chi connectivity index (χ4n) is 4.29. The zero-order valence-electron chi connectivity index (χ0n) is 18.8. The smallest absolute Gasteiger partial charge is 0.347 e. The number of nitriles is 1. The van der Waals surface area contributed by atoms with Crippen molar-refractivity contribution in [2.45, 2.75) is 65.7 Å². The van der Waals surface area contributed by atoms with Gasteiger partial charge in [-0.3, -0.25) is 0 Å². The number of hydrogen-bond acceptors (Lipinski definition) is 3. The summed E-state index contributed by atoms with van der Waals surface area (Å²) in [4.78, 5) is 18.9. The van der Waals surface area contributed by atoms with Crippen LogP contribution in [0.4, 0.5) is 10.5 Å². The molecule has 30 heavy (non-hydrogen) atoms. The molecule has 1 atom stereocenters. The Balaban J connectivity index is 1.90. The third-order valence-electron chi connectivity index (χ3n) is 6.01. The van der Waals surface area contributed by atoms with Gasteiger partial charge in [-0.25, -0.2) is 4.79 Å². The van der Waals surface area contributed by atoms with Gasteiger partial charge in [0.25, 0.3) is 0 Å². The second kappa shape index (κ2) is 12.3. The molecule has 0 bridgehead atoms. The van der Waals surface area contributed by atoms with E-state index < -0.39 is 6.03 Å². The number of urea groups is 1. The number of nitrogens with two attached hydrogens (primary N) is 1. The van der Waals surface area contributed by atoms with Gasteiger partial charge in [0.1, 0.15) is 5.84 Å². The van der Waals surface area contributed by atoms with Gasteiger partial charge in [0.05, 0.1) is 11.6 Å². The van der Waals surface area contributed by atoms with E-state index in [2.05, 4.69) is 35.1 Å². The average Bonchev–Trinajstić information content (AvgIpc) is 2.74. The van der Waals surface area contributed by atoms with Crippen LogP contribution >= 0.6 is 0 Å². The maximum absolute atomic E-state index is 12.3. The molecule has 0 aliphatic carbocycles. The highest BCUT2D eigenvalue weighted by molar-refractivity contribution is 6.00. The highest BCUT2D eigenvalue weighted by Gasteiger charge is 2.24. The fraction of sp³-hybridized carbons (Fsp3) is 0.625. The van der Waals surface area contributed by atoms with Gasteiger partial charge in [-0.05, 0) is 62.9 Å². The average molecular weight is 412 g/mol. The van der Waals surface area contributed by atoms with E-state index in [1.807, 2.05) is 13.0 Å². The van der Waals surface area contributed by atoms with Gasteiger partial charge >= 0.3 is 6.03 Å². The van der Waals surface area contributed by atoms with Crippen molar-refractivity contribution in [1.82, 2.24) is 4.90 Å². The third kappa shape index (κ3) is 7.46. The van der Waals surface area contributed by atoms with Crippen molar-refractivity contribution in [3.63, 3.8) is 0 Å². The van der Waals surface area contributed by atoms with Gasteiger partial charge < -0.3 is 16.0 Å². The second-order valence-corrected chi connectivity index (χ2v) is 8.48. The lowest BCUT2D eigenvalue weighted by molar-refractivity contribution is 0.186. The summed E-state index contributed by atoms with van der Waals surface area (Å²) >= 11 is 0. The van der Waals surface area contributed by atoms with E-state index >= 15 is 0 Å². The van der Waals surface area contributed by atoms with Crippen molar-refractivity contribution in [2.75, 3.05) is 25.0 Å². The first kappa shape index (κ1) is 23.9. The maximum Gasteiger partial charge on any atom is 0.347 e. The fourth-order valence-corrected chi connectivity index (χ4v) is 4.29. The number of nitrogens with zero attached hydrogens (tertiary/aromatic N) is 3. The summed E-state index contributed by atoms with van der Waals surface area (Å²) in [5.41, 5.74) is 8.18. The van der Waals surface area contributed by atoms with E-state index in [1.54, 1.807) is 12.1 Å². The van der Waals surface area contributed by atoms with Gasteiger partial charge in [-0.15, -0.1) is 0 Å². The number of rotatable bonds is 9. The van der Waals surface area contributed by atoms with Crippen LogP contribution in [0.25, 0.3) is 0 Å². The Morgan fingerprint density at radius 1 is 1.33 bits per heavy atom. The summed E-state index contributed by atoms with van der Waals surface area (Å²) in [6.07, 6.45) is 8.40. The summed E-state index contributed by atoms with van der Waals surface area (Å²) < 4.78 is 0. The first-order valence-corrected chi connectivity index (χ1v) is 11.3. The molecule has 3 N–H and O–H groups in total. The largest absolute Gasteiger partial charge is 0.387 e. The molecule has 1 fully saturated rings. The van der Waals surface area contributed by atoms with Gasteiger partial charge in [0.2, 0.25) is 0 Å². The van der Waals surface area contributed by atoms with Crippen LogP contribution in [0.1, 0.15) is 69.9 Å². The van der Waals surface area contributed by atoms with Crippen LogP contribution in [0.3, 0.4) is 0 Å². The van der Waals surface area contributed by atoms with Crippen LogP contribution in [0.5, 0.6) is 0 Å². The minimum Gasteiger partial charge on any atom is -0.387 e. The van der Waals surface area contributed by atoms with Gasteiger partial charge in [0.15, 0.2) is 0 Å². The summed E-state index contributed by atoms with van der Waals surface area (Å²) in [6, 6.07) is 6.88. The molecular formula is C24H37N5O. The summed E-state index contributed by atoms with van der Waals surface area (Å²) in [5, 5.41) is 11.9. The normalized spacial score (nSPS) is 17.7. The van der Waals surface area contributed by atoms with Crippen LogP contribution in [-0.2, 0) is 0 Å². The Kier molecular flexibility index (Phi) is 9.82. The number of amidine groups is 1. The van der Waals surface area contributed by atoms with Gasteiger partial charge in [0, 0.05) is 18.2 Å². The van der Waals surface area contributed by atoms with Crippen LogP contribution < -0.4 is 11.1 Å². The molecule has 0 spiro atoms. The molecule has 0 aromatic heterocycles. The Morgan fingerprint density at radius 3 is 2.73 bits per heavy atom. The molecule has 1 unspecified atom stereocenters. The van der Waals surface area contributed by atoms with Crippen LogP contribution in [0.2, 0.25) is 0 Å². The Hall–Kier alpha value is -2.39. The molecular weight excluding hydrogens is 374 g/mol. The number of hydrogen-bond donors (Lipinski definition) is 2. The summed E-state index contributed by atoms with van der Waals surface area (Å²) in [7, 11) is 0.